The van der Waals surface area contributed by atoms with E-state index >= 15 is 0 Å². The first-order chi connectivity index (χ1) is 30.3. The summed E-state index contributed by atoms with van der Waals surface area (Å²) in [5.74, 6) is 3.69. The van der Waals surface area contributed by atoms with Crippen LogP contribution in [0.1, 0.15) is 62.5 Å². The number of methoxy groups -OCH3 is 1. The van der Waals surface area contributed by atoms with E-state index in [1.165, 1.54) is 36.8 Å². The number of aromatic nitrogens is 8. The van der Waals surface area contributed by atoms with Crippen molar-refractivity contribution >= 4 is 68.5 Å². The number of fused-ring (bicyclic) bond motifs is 6. The lowest BCUT2D eigenvalue weighted by Gasteiger charge is -2.20. The number of anilines is 2. The molecule has 4 aromatic heterocycles. The van der Waals surface area contributed by atoms with Gasteiger partial charge in [0.15, 0.2) is 0 Å². The van der Waals surface area contributed by atoms with Crippen LogP contribution in [0.4, 0.5) is 11.9 Å². The summed E-state index contributed by atoms with van der Waals surface area (Å²) in [5, 5.41) is 12.0. The molecule has 8 aromatic rings. The molecule has 0 unspecified atom stereocenters. The lowest BCUT2D eigenvalue weighted by atomic mass is 10.1. The minimum absolute atomic E-state index is 0.268. The van der Waals surface area contributed by atoms with E-state index in [1.807, 2.05) is 72.8 Å². The van der Waals surface area contributed by atoms with Crippen molar-refractivity contribution in [3.8, 4) is 5.75 Å². The predicted octanol–water partition coefficient (Wildman–Crippen LogP) is 8.65. The Labute approximate surface area is 369 Å². The highest BCUT2D eigenvalue weighted by molar-refractivity contribution is 6.31. The molecular formula is C47H50Cl2N10O3. The van der Waals surface area contributed by atoms with Crippen LogP contribution in [0.2, 0.25) is 10.0 Å². The van der Waals surface area contributed by atoms with Crippen molar-refractivity contribution in [3.63, 3.8) is 0 Å². The molecular weight excluding hydrogens is 823 g/mol. The first-order valence-electron chi connectivity index (χ1n) is 21.7. The molecule has 0 spiro atoms. The van der Waals surface area contributed by atoms with Crippen molar-refractivity contribution in [2.45, 2.75) is 77.3 Å². The molecule has 0 atom stereocenters. The zero-order chi connectivity index (χ0) is 42.6. The van der Waals surface area contributed by atoms with Gasteiger partial charge in [0.05, 0.1) is 28.9 Å². The fourth-order valence-electron chi connectivity index (χ4n) is 8.66. The number of benzene rings is 4. The van der Waals surface area contributed by atoms with Gasteiger partial charge < -0.3 is 14.5 Å². The van der Waals surface area contributed by atoms with Gasteiger partial charge in [-0.15, -0.1) is 10.2 Å². The molecule has 0 aliphatic carbocycles. The average Bonchev–Trinajstić information content (AvgIpc) is 3.53. The van der Waals surface area contributed by atoms with Crippen LogP contribution in [-0.2, 0) is 25.9 Å². The molecule has 62 heavy (non-hydrogen) atoms. The fourth-order valence-corrected chi connectivity index (χ4v) is 9.00. The Hall–Kier alpha value is -5.92. The molecule has 2 aliphatic rings. The molecule has 0 saturated carbocycles. The first-order valence-corrected chi connectivity index (χ1v) is 22.4. The van der Waals surface area contributed by atoms with E-state index < -0.39 is 0 Å². The summed E-state index contributed by atoms with van der Waals surface area (Å²) in [7, 11) is 1.66. The summed E-state index contributed by atoms with van der Waals surface area (Å²) in [6.45, 7) is 5.11. The molecule has 2 fully saturated rings. The van der Waals surface area contributed by atoms with Crippen LogP contribution in [0.25, 0.3) is 33.4 Å². The molecule has 2 saturated heterocycles. The summed E-state index contributed by atoms with van der Waals surface area (Å²) >= 11 is 12.3. The number of hydrogen-bond donors (Lipinski definition) is 0. The van der Waals surface area contributed by atoms with E-state index in [4.69, 9.17) is 38.1 Å². The zero-order valence-electron chi connectivity index (χ0n) is 34.9. The molecule has 0 radical (unpaired) electrons. The molecule has 2 aliphatic heterocycles. The Morgan fingerprint density at radius 2 is 0.984 bits per heavy atom. The van der Waals surface area contributed by atoms with Gasteiger partial charge in [-0.1, -0.05) is 91.3 Å². The van der Waals surface area contributed by atoms with E-state index in [9.17, 15) is 9.59 Å². The Bertz CT molecular complexity index is 2950. The highest BCUT2D eigenvalue weighted by atomic mass is 35.5. The number of ether oxygens (including phenoxy) is 1. The van der Waals surface area contributed by atoms with Gasteiger partial charge in [0.25, 0.3) is 11.1 Å². The maximum absolute atomic E-state index is 12.8. The van der Waals surface area contributed by atoms with E-state index in [0.29, 0.717) is 45.5 Å². The lowest BCUT2D eigenvalue weighted by molar-refractivity contribution is 0.414. The molecule has 320 valence electrons. The first kappa shape index (κ1) is 41.4. The van der Waals surface area contributed by atoms with Gasteiger partial charge in [0.2, 0.25) is 23.5 Å². The van der Waals surface area contributed by atoms with E-state index in [2.05, 4.69) is 44.0 Å². The fraction of sp³-hybridized carbons (Fsp3) is 0.362. The third-order valence-corrected chi connectivity index (χ3v) is 12.4. The monoisotopic (exact) mass is 872 g/mol. The second-order valence-electron chi connectivity index (χ2n) is 16.1. The number of rotatable bonds is 9. The van der Waals surface area contributed by atoms with Crippen molar-refractivity contribution in [1.82, 2.24) is 38.3 Å². The van der Waals surface area contributed by atoms with Crippen LogP contribution in [0.3, 0.4) is 0 Å². The highest BCUT2D eigenvalue weighted by Gasteiger charge is 2.23. The van der Waals surface area contributed by atoms with Crippen LogP contribution >= 0.6 is 23.2 Å². The largest absolute Gasteiger partial charge is 0.497 e. The van der Waals surface area contributed by atoms with Gasteiger partial charge >= 0.3 is 0 Å². The molecule has 0 amide bonds. The van der Waals surface area contributed by atoms with E-state index in [1.54, 1.807) is 19.2 Å². The number of hydrogen-bond acceptors (Lipinski definition) is 9. The molecule has 4 aromatic carbocycles. The zero-order valence-corrected chi connectivity index (χ0v) is 36.4. The van der Waals surface area contributed by atoms with Crippen molar-refractivity contribution < 1.29 is 4.74 Å². The Kier molecular flexibility index (Phi) is 12.4. The summed E-state index contributed by atoms with van der Waals surface area (Å²) in [5.41, 5.74) is 3.45. The topological polar surface area (TPSA) is 120 Å². The quantitative estimate of drug-likeness (QED) is 0.140. The van der Waals surface area contributed by atoms with E-state index in [-0.39, 0.29) is 11.1 Å². The number of aryl methyl sites for hydroxylation is 4. The van der Waals surface area contributed by atoms with Gasteiger partial charge in [-0.3, -0.25) is 9.59 Å². The normalized spacial score (nSPS) is 14.9. The smallest absolute Gasteiger partial charge is 0.282 e. The molecule has 13 nitrogen and oxygen atoms in total. The molecule has 0 N–H and O–H groups in total. The second-order valence-corrected chi connectivity index (χ2v) is 17.0. The van der Waals surface area contributed by atoms with Crippen molar-refractivity contribution in [2.75, 3.05) is 43.1 Å². The molecule has 0 bridgehead atoms. The molecule has 15 heteroatoms. The Morgan fingerprint density at radius 3 is 1.42 bits per heavy atom. The number of halogens is 2. The maximum Gasteiger partial charge on any atom is 0.282 e. The van der Waals surface area contributed by atoms with Gasteiger partial charge in [-0.2, -0.15) is 9.97 Å². The predicted molar refractivity (Wildman–Crippen MR) is 248 cm³/mol. The maximum atomic E-state index is 12.8. The average molecular weight is 874 g/mol. The summed E-state index contributed by atoms with van der Waals surface area (Å²) < 4.78 is 13.0. The third kappa shape index (κ3) is 8.73. The summed E-state index contributed by atoms with van der Waals surface area (Å²) in [6.07, 6.45) is 11.1. The van der Waals surface area contributed by atoms with Crippen LogP contribution in [0, 0.1) is 0 Å². The Morgan fingerprint density at radius 1 is 0.548 bits per heavy atom. The number of nitrogens with zero attached hydrogens (tertiary/aromatic N) is 10. The SMILES string of the molecule is COc1ccc(CCn2nc(N3CCCCCC3)n3c4ccc(Cl)cc4c(=O)nc23)cc1.O=c1nc2n(CCc3ccccc3)nc(N3CCCCCC3)n2c2ccc(Cl)cc12. The van der Waals surface area contributed by atoms with Crippen LogP contribution < -0.4 is 25.7 Å². The van der Waals surface area contributed by atoms with Crippen molar-refractivity contribution in [1.29, 1.82) is 0 Å². The van der Waals surface area contributed by atoms with Crippen molar-refractivity contribution in [2.24, 2.45) is 0 Å². The summed E-state index contributed by atoms with van der Waals surface area (Å²) in [6, 6.07) is 29.2. The van der Waals surface area contributed by atoms with Gasteiger partial charge in [0, 0.05) is 49.3 Å². The van der Waals surface area contributed by atoms with Crippen LogP contribution in [0.5, 0.6) is 5.75 Å². The van der Waals surface area contributed by atoms with Crippen molar-refractivity contribution in [3.05, 3.63) is 133 Å². The van der Waals surface area contributed by atoms with Crippen LogP contribution in [-0.4, -0.2) is 71.6 Å². The lowest BCUT2D eigenvalue weighted by Crippen LogP contribution is -2.26. The standard InChI is InChI=1S/C24H26ClN5O2.C23H24ClN5O/c1-32-19-9-6-17(7-10-19)12-15-29-23-26-22(31)20-16-18(25)8-11-21(20)30(23)24(27-29)28-13-4-2-3-5-14-28;24-18-10-11-20-19(16-18)21(30)25-22-28(15-12-17-8-4-3-5-9-17)26-23(29(20)22)27-13-6-1-2-7-14-27/h6-11,16H,2-5,12-15H2,1H3;3-5,8-11,16H,1-2,6-7,12-15H2. The molecule has 10 rings (SSSR count). The summed E-state index contributed by atoms with van der Waals surface area (Å²) in [4.78, 5) is 39.1. The minimum atomic E-state index is -0.282. The van der Waals surface area contributed by atoms with E-state index in [0.717, 1.165) is 93.4 Å². The van der Waals surface area contributed by atoms with Gasteiger partial charge in [-0.25, -0.2) is 18.2 Å². The Balaban J connectivity index is 0.000000158. The van der Waals surface area contributed by atoms with Gasteiger partial charge in [0.1, 0.15) is 5.75 Å². The van der Waals surface area contributed by atoms with Gasteiger partial charge in [-0.05, 0) is 98.2 Å². The third-order valence-electron chi connectivity index (χ3n) is 11.9. The minimum Gasteiger partial charge on any atom is -0.497 e. The molecule has 6 heterocycles. The second kappa shape index (κ2) is 18.6. The van der Waals surface area contributed by atoms with Crippen LogP contribution in [0.15, 0.2) is 101 Å². The highest BCUT2D eigenvalue weighted by Crippen LogP contribution is 2.27.